The average molecular weight is 189 g/mol. The monoisotopic (exact) mass is 189 g/mol. The van der Waals surface area contributed by atoms with E-state index in [4.69, 9.17) is 8.37 Å². The standard InChI is InChI=1S/C7H8FNO2S/c1-2-10-12-11-6-4-3-5-9-7(6)8/h3-5H,2H2,1H3. The second-order valence-corrected chi connectivity index (χ2v) is 2.39. The van der Waals surface area contributed by atoms with Crippen LogP contribution in [0.1, 0.15) is 6.92 Å². The Balaban J connectivity index is 2.46. The SMILES string of the molecule is CCOSOc1cccnc1F. The molecule has 0 bridgehead atoms. The summed E-state index contributed by atoms with van der Waals surface area (Å²) in [6.07, 6.45) is 1.35. The molecule has 1 aromatic heterocycles. The van der Waals surface area contributed by atoms with Crippen molar-refractivity contribution in [3.05, 3.63) is 24.3 Å². The zero-order valence-electron chi connectivity index (χ0n) is 6.49. The van der Waals surface area contributed by atoms with Crippen LogP contribution in [0.5, 0.6) is 5.75 Å². The van der Waals surface area contributed by atoms with Crippen LogP contribution < -0.4 is 4.18 Å². The number of hydrogen-bond acceptors (Lipinski definition) is 4. The molecular weight excluding hydrogens is 181 g/mol. The molecule has 1 rings (SSSR count). The quantitative estimate of drug-likeness (QED) is 0.413. The van der Waals surface area contributed by atoms with Crippen LogP contribution in [0.25, 0.3) is 0 Å². The molecule has 66 valence electrons. The highest BCUT2D eigenvalue weighted by Gasteiger charge is 2.02. The number of pyridine rings is 1. The molecule has 0 aliphatic rings. The zero-order chi connectivity index (χ0) is 8.81. The van der Waals surface area contributed by atoms with E-state index in [9.17, 15) is 4.39 Å². The highest BCUT2D eigenvalue weighted by atomic mass is 32.2. The molecule has 1 heterocycles. The molecule has 0 atom stereocenters. The third-order valence-electron chi connectivity index (χ3n) is 1.01. The summed E-state index contributed by atoms with van der Waals surface area (Å²) >= 11 is 0.741. The van der Waals surface area contributed by atoms with Gasteiger partial charge in [0.2, 0.25) is 12.3 Å². The molecule has 5 heteroatoms. The molecule has 0 saturated carbocycles. The third-order valence-corrected chi connectivity index (χ3v) is 1.59. The van der Waals surface area contributed by atoms with Crippen molar-refractivity contribution in [1.29, 1.82) is 0 Å². The zero-order valence-corrected chi connectivity index (χ0v) is 7.31. The van der Waals surface area contributed by atoms with Crippen molar-refractivity contribution in [2.24, 2.45) is 0 Å². The van der Waals surface area contributed by atoms with Crippen LogP contribution in [-0.4, -0.2) is 11.6 Å². The molecule has 1 aromatic rings. The molecule has 3 nitrogen and oxygen atoms in total. The van der Waals surface area contributed by atoms with E-state index in [1.54, 1.807) is 6.07 Å². The lowest BCUT2D eigenvalue weighted by Gasteiger charge is -2.01. The minimum atomic E-state index is -0.635. The van der Waals surface area contributed by atoms with Gasteiger partial charge in [-0.05, 0) is 19.1 Å². The lowest BCUT2D eigenvalue weighted by Crippen LogP contribution is -1.90. The van der Waals surface area contributed by atoms with E-state index in [0.29, 0.717) is 6.61 Å². The van der Waals surface area contributed by atoms with Crippen LogP contribution in [-0.2, 0) is 4.18 Å². The van der Waals surface area contributed by atoms with Gasteiger partial charge in [0.15, 0.2) is 5.75 Å². The fourth-order valence-electron chi connectivity index (χ4n) is 0.542. The van der Waals surface area contributed by atoms with Crippen molar-refractivity contribution in [2.75, 3.05) is 6.61 Å². The van der Waals surface area contributed by atoms with E-state index in [0.717, 1.165) is 12.3 Å². The van der Waals surface area contributed by atoms with Crippen LogP contribution in [0.4, 0.5) is 4.39 Å². The van der Waals surface area contributed by atoms with Crippen LogP contribution >= 0.6 is 12.3 Å². The van der Waals surface area contributed by atoms with Crippen molar-refractivity contribution in [3.8, 4) is 5.75 Å². The number of halogens is 1. The Kier molecular flexibility index (Phi) is 3.83. The van der Waals surface area contributed by atoms with Crippen LogP contribution in [0, 0.1) is 5.95 Å². The van der Waals surface area contributed by atoms with E-state index in [1.807, 2.05) is 6.92 Å². The first-order chi connectivity index (χ1) is 5.84. The van der Waals surface area contributed by atoms with Crippen LogP contribution in [0.15, 0.2) is 18.3 Å². The molecule has 0 spiro atoms. The maximum absolute atomic E-state index is 12.7. The van der Waals surface area contributed by atoms with Crippen LogP contribution in [0.3, 0.4) is 0 Å². The highest BCUT2D eigenvalue weighted by molar-refractivity contribution is 7.90. The van der Waals surface area contributed by atoms with E-state index < -0.39 is 5.95 Å². The van der Waals surface area contributed by atoms with Gasteiger partial charge in [0, 0.05) is 6.20 Å². The first-order valence-corrected chi connectivity index (χ1v) is 4.08. The minimum Gasteiger partial charge on any atom is -0.395 e. The first kappa shape index (κ1) is 9.28. The Morgan fingerprint density at radius 3 is 3.17 bits per heavy atom. The summed E-state index contributed by atoms with van der Waals surface area (Å²) in [7, 11) is 0. The summed E-state index contributed by atoms with van der Waals surface area (Å²) in [5, 5.41) is 0. The van der Waals surface area contributed by atoms with Crippen molar-refractivity contribution in [2.45, 2.75) is 6.92 Å². The Hall–Kier alpha value is -0.810. The summed E-state index contributed by atoms with van der Waals surface area (Å²) < 4.78 is 22.3. The van der Waals surface area contributed by atoms with E-state index >= 15 is 0 Å². The van der Waals surface area contributed by atoms with Crippen molar-refractivity contribution in [1.82, 2.24) is 4.98 Å². The lowest BCUT2D eigenvalue weighted by atomic mass is 10.5. The van der Waals surface area contributed by atoms with Crippen LogP contribution in [0.2, 0.25) is 0 Å². The van der Waals surface area contributed by atoms with E-state index in [2.05, 4.69) is 4.98 Å². The first-order valence-electron chi connectivity index (χ1n) is 3.41. The molecule has 12 heavy (non-hydrogen) atoms. The topological polar surface area (TPSA) is 31.4 Å². The van der Waals surface area contributed by atoms with Gasteiger partial charge in [-0.2, -0.15) is 4.39 Å². The summed E-state index contributed by atoms with van der Waals surface area (Å²) in [6, 6.07) is 3.07. The van der Waals surface area contributed by atoms with Crippen molar-refractivity contribution < 1.29 is 12.8 Å². The van der Waals surface area contributed by atoms with Gasteiger partial charge in [0.25, 0.3) is 5.95 Å². The Bertz CT molecular complexity index is 247. The summed E-state index contributed by atoms with van der Waals surface area (Å²) in [5.74, 6) is -0.555. The number of rotatable bonds is 4. The largest absolute Gasteiger partial charge is 0.395 e. The van der Waals surface area contributed by atoms with Gasteiger partial charge in [0.1, 0.15) is 0 Å². The van der Waals surface area contributed by atoms with Gasteiger partial charge in [-0.1, -0.05) is 0 Å². The Morgan fingerprint density at radius 2 is 2.50 bits per heavy atom. The summed E-state index contributed by atoms with van der Waals surface area (Å²) in [4.78, 5) is 3.40. The predicted octanol–water partition coefficient (Wildman–Crippen LogP) is 2.20. The molecule has 0 aliphatic heterocycles. The molecule has 0 radical (unpaired) electrons. The smallest absolute Gasteiger partial charge is 0.256 e. The molecule has 0 fully saturated rings. The van der Waals surface area contributed by atoms with Gasteiger partial charge in [-0.15, -0.1) is 0 Å². The Morgan fingerprint density at radius 1 is 1.67 bits per heavy atom. The third kappa shape index (κ3) is 2.67. The van der Waals surface area contributed by atoms with E-state index in [1.165, 1.54) is 12.3 Å². The van der Waals surface area contributed by atoms with Crippen molar-refractivity contribution >= 4 is 12.3 Å². The van der Waals surface area contributed by atoms with Gasteiger partial charge in [-0.3, -0.25) is 4.18 Å². The number of hydrogen-bond donors (Lipinski definition) is 0. The number of aromatic nitrogens is 1. The lowest BCUT2D eigenvalue weighted by molar-refractivity contribution is 0.364. The summed E-state index contributed by atoms with van der Waals surface area (Å²) in [5.41, 5.74) is 0. The molecule has 0 amide bonds. The summed E-state index contributed by atoms with van der Waals surface area (Å²) in [6.45, 7) is 2.32. The fraction of sp³-hybridized carbons (Fsp3) is 0.286. The van der Waals surface area contributed by atoms with Crippen molar-refractivity contribution in [3.63, 3.8) is 0 Å². The predicted molar refractivity (Wildman–Crippen MR) is 44.0 cm³/mol. The normalized spacial score (nSPS) is 9.83. The van der Waals surface area contributed by atoms with Gasteiger partial charge >= 0.3 is 0 Å². The second kappa shape index (κ2) is 4.95. The average Bonchev–Trinajstić information content (AvgIpc) is 2.09. The molecule has 0 aromatic carbocycles. The Labute approximate surface area is 74.3 Å². The molecule has 0 aliphatic carbocycles. The van der Waals surface area contributed by atoms with E-state index in [-0.39, 0.29) is 5.75 Å². The molecule has 0 unspecified atom stereocenters. The van der Waals surface area contributed by atoms with Gasteiger partial charge in [0.05, 0.1) is 6.61 Å². The molecule has 0 N–H and O–H groups in total. The minimum absolute atomic E-state index is 0.0796. The van der Waals surface area contributed by atoms with Gasteiger partial charge < -0.3 is 4.18 Å². The molecular formula is C7H8FNO2S. The maximum Gasteiger partial charge on any atom is 0.256 e. The number of nitrogens with zero attached hydrogens (tertiary/aromatic N) is 1. The molecule has 0 saturated heterocycles. The fourth-order valence-corrected chi connectivity index (χ4v) is 0.884. The van der Waals surface area contributed by atoms with Gasteiger partial charge in [-0.25, -0.2) is 4.98 Å². The maximum atomic E-state index is 12.7. The second-order valence-electron chi connectivity index (χ2n) is 1.85. The highest BCUT2D eigenvalue weighted by Crippen LogP contribution is 2.18.